The van der Waals surface area contributed by atoms with Crippen LogP contribution < -0.4 is 14.8 Å². The second-order valence-electron chi connectivity index (χ2n) is 7.39. The number of ether oxygens (including phenoxy) is 2. The summed E-state index contributed by atoms with van der Waals surface area (Å²) in [6.45, 7) is 2.05. The summed E-state index contributed by atoms with van der Waals surface area (Å²) >= 11 is 1.46. The van der Waals surface area contributed by atoms with Crippen molar-refractivity contribution in [3.63, 3.8) is 0 Å². The first-order valence-corrected chi connectivity index (χ1v) is 11.7. The standard InChI is InChI=1S/C25H27N3O3S/c1-30-19-8-4-9-20(18-19)31-16-7-15-28-22-11-3-2-10-21(22)27-24(28)13-5-14-26-25(29)23-12-6-17-32-23/h2-4,6,8-12,17-18H,5,7,13-16H2,1H3,(H,26,29). The number of para-hydroxylation sites is 2. The largest absolute Gasteiger partial charge is 0.497 e. The lowest BCUT2D eigenvalue weighted by Gasteiger charge is -2.11. The molecule has 0 saturated carbocycles. The van der Waals surface area contributed by atoms with Crippen molar-refractivity contribution in [2.75, 3.05) is 20.3 Å². The normalized spacial score (nSPS) is 10.9. The maximum atomic E-state index is 12.1. The van der Waals surface area contributed by atoms with Crippen molar-refractivity contribution in [2.45, 2.75) is 25.8 Å². The Bertz CT molecular complexity index is 1150. The van der Waals surface area contributed by atoms with Gasteiger partial charge >= 0.3 is 0 Å². The topological polar surface area (TPSA) is 65.4 Å². The Morgan fingerprint density at radius 2 is 1.94 bits per heavy atom. The van der Waals surface area contributed by atoms with Crippen molar-refractivity contribution in [2.24, 2.45) is 0 Å². The molecule has 1 N–H and O–H groups in total. The van der Waals surface area contributed by atoms with E-state index in [1.54, 1.807) is 7.11 Å². The second-order valence-corrected chi connectivity index (χ2v) is 8.33. The molecule has 4 rings (SSSR count). The number of thiophene rings is 1. The molecular weight excluding hydrogens is 422 g/mol. The molecule has 0 aliphatic heterocycles. The van der Waals surface area contributed by atoms with Crippen LogP contribution >= 0.6 is 11.3 Å². The van der Waals surface area contributed by atoms with Gasteiger partial charge in [0.1, 0.15) is 17.3 Å². The van der Waals surface area contributed by atoms with E-state index < -0.39 is 0 Å². The first-order valence-electron chi connectivity index (χ1n) is 10.8. The van der Waals surface area contributed by atoms with Gasteiger partial charge in [0.05, 0.1) is 29.6 Å². The third-order valence-corrected chi connectivity index (χ3v) is 6.05. The van der Waals surface area contributed by atoms with Crippen molar-refractivity contribution >= 4 is 28.3 Å². The van der Waals surface area contributed by atoms with Gasteiger partial charge in [0.25, 0.3) is 5.91 Å². The van der Waals surface area contributed by atoms with Gasteiger partial charge < -0.3 is 19.4 Å². The number of fused-ring (bicyclic) bond motifs is 1. The van der Waals surface area contributed by atoms with Gasteiger partial charge in [-0.2, -0.15) is 0 Å². The van der Waals surface area contributed by atoms with Gasteiger partial charge in [-0.05, 0) is 48.6 Å². The summed E-state index contributed by atoms with van der Waals surface area (Å²) in [5, 5.41) is 4.90. The van der Waals surface area contributed by atoms with Gasteiger partial charge in [-0.25, -0.2) is 4.98 Å². The number of nitrogens with zero attached hydrogens (tertiary/aromatic N) is 2. The van der Waals surface area contributed by atoms with Gasteiger partial charge in [-0.1, -0.05) is 24.3 Å². The molecule has 0 aliphatic carbocycles. The Morgan fingerprint density at radius 1 is 1.06 bits per heavy atom. The zero-order chi connectivity index (χ0) is 22.2. The lowest BCUT2D eigenvalue weighted by Crippen LogP contribution is -2.24. The molecule has 0 aliphatic rings. The number of aryl methyl sites for hydroxylation is 2. The summed E-state index contributed by atoms with van der Waals surface area (Å²) in [5.41, 5.74) is 2.13. The minimum Gasteiger partial charge on any atom is -0.497 e. The van der Waals surface area contributed by atoms with E-state index in [1.165, 1.54) is 11.3 Å². The van der Waals surface area contributed by atoms with Crippen molar-refractivity contribution in [3.05, 3.63) is 76.7 Å². The van der Waals surface area contributed by atoms with Crippen LogP contribution in [-0.4, -0.2) is 35.7 Å². The first kappa shape index (κ1) is 21.9. The number of imidazole rings is 1. The van der Waals surface area contributed by atoms with E-state index in [2.05, 4.69) is 16.0 Å². The van der Waals surface area contributed by atoms with E-state index in [0.717, 1.165) is 59.0 Å². The Balaban J connectivity index is 1.33. The minimum absolute atomic E-state index is 0.0109. The van der Waals surface area contributed by atoms with Crippen molar-refractivity contribution < 1.29 is 14.3 Å². The van der Waals surface area contributed by atoms with Crippen LogP contribution in [0.2, 0.25) is 0 Å². The molecule has 2 aromatic heterocycles. The van der Waals surface area contributed by atoms with Crippen LogP contribution in [0.25, 0.3) is 11.0 Å². The molecule has 4 aromatic rings. The van der Waals surface area contributed by atoms with Gasteiger partial charge in [0.2, 0.25) is 0 Å². The molecule has 7 heteroatoms. The summed E-state index contributed by atoms with van der Waals surface area (Å²) in [6, 6.07) is 19.6. The van der Waals surface area contributed by atoms with E-state index >= 15 is 0 Å². The number of carbonyl (C=O) groups is 1. The highest BCUT2D eigenvalue weighted by Crippen LogP contribution is 2.20. The lowest BCUT2D eigenvalue weighted by molar-refractivity contribution is 0.0957. The van der Waals surface area contributed by atoms with Crippen LogP contribution in [0, 0.1) is 0 Å². The molecule has 166 valence electrons. The van der Waals surface area contributed by atoms with E-state index in [4.69, 9.17) is 14.5 Å². The maximum absolute atomic E-state index is 12.1. The molecule has 0 saturated heterocycles. The fourth-order valence-electron chi connectivity index (χ4n) is 3.61. The summed E-state index contributed by atoms with van der Waals surface area (Å²) in [7, 11) is 1.65. The Morgan fingerprint density at radius 3 is 2.78 bits per heavy atom. The maximum Gasteiger partial charge on any atom is 0.261 e. The highest BCUT2D eigenvalue weighted by molar-refractivity contribution is 7.12. The summed E-state index contributed by atoms with van der Waals surface area (Å²) in [5.74, 6) is 2.62. The third-order valence-electron chi connectivity index (χ3n) is 5.18. The van der Waals surface area contributed by atoms with Crippen LogP contribution in [0.15, 0.2) is 66.0 Å². The van der Waals surface area contributed by atoms with Gasteiger partial charge in [-0.15, -0.1) is 11.3 Å². The number of carbonyl (C=O) groups excluding carboxylic acids is 1. The molecule has 2 aromatic carbocycles. The molecule has 0 radical (unpaired) electrons. The number of methoxy groups -OCH3 is 1. The molecule has 32 heavy (non-hydrogen) atoms. The highest BCUT2D eigenvalue weighted by Gasteiger charge is 2.11. The van der Waals surface area contributed by atoms with Crippen LogP contribution in [0.1, 0.15) is 28.3 Å². The quantitative estimate of drug-likeness (QED) is 0.330. The van der Waals surface area contributed by atoms with Crippen LogP contribution in [0.3, 0.4) is 0 Å². The zero-order valence-electron chi connectivity index (χ0n) is 18.1. The number of benzene rings is 2. The summed E-state index contributed by atoms with van der Waals surface area (Å²) < 4.78 is 13.4. The van der Waals surface area contributed by atoms with Crippen molar-refractivity contribution in [1.29, 1.82) is 0 Å². The number of hydrogen-bond donors (Lipinski definition) is 1. The fraction of sp³-hybridized carbons (Fsp3) is 0.280. The highest BCUT2D eigenvalue weighted by atomic mass is 32.1. The van der Waals surface area contributed by atoms with Crippen LogP contribution in [-0.2, 0) is 13.0 Å². The predicted molar refractivity (Wildman–Crippen MR) is 128 cm³/mol. The first-order chi connectivity index (χ1) is 15.7. The number of aromatic nitrogens is 2. The average molecular weight is 450 g/mol. The van der Waals surface area contributed by atoms with E-state index in [-0.39, 0.29) is 5.91 Å². The molecule has 0 unspecified atom stereocenters. The fourth-order valence-corrected chi connectivity index (χ4v) is 4.25. The minimum atomic E-state index is -0.0109. The SMILES string of the molecule is COc1cccc(OCCCn2c(CCCNC(=O)c3cccs3)nc3ccccc32)c1. The van der Waals surface area contributed by atoms with E-state index in [9.17, 15) is 4.79 Å². The van der Waals surface area contributed by atoms with E-state index in [1.807, 2.05) is 60.0 Å². The molecule has 0 atom stereocenters. The number of amides is 1. The Hall–Kier alpha value is -3.32. The number of hydrogen-bond acceptors (Lipinski definition) is 5. The van der Waals surface area contributed by atoms with Crippen molar-refractivity contribution in [3.8, 4) is 11.5 Å². The van der Waals surface area contributed by atoms with Crippen LogP contribution in [0.5, 0.6) is 11.5 Å². The zero-order valence-corrected chi connectivity index (χ0v) is 18.9. The third kappa shape index (κ3) is 5.48. The smallest absolute Gasteiger partial charge is 0.261 e. The monoisotopic (exact) mass is 449 g/mol. The molecule has 0 bridgehead atoms. The van der Waals surface area contributed by atoms with Crippen molar-refractivity contribution in [1.82, 2.24) is 14.9 Å². The van der Waals surface area contributed by atoms with Gasteiger partial charge in [-0.3, -0.25) is 4.79 Å². The van der Waals surface area contributed by atoms with E-state index in [0.29, 0.717) is 13.2 Å². The van der Waals surface area contributed by atoms with Crippen LogP contribution in [0.4, 0.5) is 0 Å². The summed E-state index contributed by atoms with van der Waals surface area (Å²) in [4.78, 5) is 17.7. The summed E-state index contributed by atoms with van der Waals surface area (Å²) in [6.07, 6.45) is 2.50. The molecule has 6 nitrogen and oxygen atoms in total. The number of nitrogens with one attached hydrogen (secondary N) is 1. The van der Waals surface area contributed by atoms with Gasteiger partial charge in [0, 0.05) is 25.6 Å². The molecular formula is C25H27N3O3S. The number of rotatable bonds is 11. The van der Waals surface area contributed by atoms with Gasteiger partial charge in [0.15, 0.2) is 0 Å². The Kier molecular flexibility index (Phi) is 7.40. The molecule has 2 heterocycles. The second kappa shape index (κ2) is 10.8. The molecule has 0 spiro atoms. The Labute approximate surface area is 191 Å². The molecule has 1 amide bonds. The molecule has 0 fully saturated rings. The lowest BCUT2D eigenvalue weighted by atomic mass is 10.2. The predicted octanol–water partition coefficient (Wildman–Crippen LogP) is 4.94. The average Bonchev–Trinajstić information content (AvgIpc) is 3.48.